The lowest BCUT2D eigenvalue weighted by Crippen LogP contribution is -2.32. The summed E-state index contributed by atoms with van der Waals surface area (Å²) in [7, 11) is 0. The van der Waals surface area contributed by atoms with Gasteiger partial charge < -0.3 is 10.1 Å². The summed E-state index contributed by atoms with van der Waals surface area (Å²) in [6, 6.07) is 13.0. The van der Waals surface area contributed by atoms with Gasteiger partial charge in [0.1, 0.15) is 5.82 Å². The molecule has 0 radical (unpaired) electrons. The summed E-state index contributed by atoms with van der Waals surface area (Å²) in [5, 5.41) is 6.62. The van der Waals surface area contributed by atoms with E-state index in [1.165, 1.54) is 34.8 Å². The minimum atomic E-state index is -0.447. The van der Waals surface area contributed by atoms with Crippen LogP contribution in [0.2, 0.25) is 0 Å². The Labute approximate surface area is 158 Å². The van der Waals surface area contributed by atoms with Gasteiger partial charge in [-0.1, -0.05) is 24.3 Å². The van der Waals surface area contributed by atoms with Crippen molar-refractivity contribution < 1.29 is 18.7 Å². The summed E-state index contributed by atoms with van der Waals surface area (Å²) in [6.07, 6.45) is 0.150. The number of esters is 1. The number of nitrogens with one attached hydrogen (secondary N) is 1. The molecule has 0 unspecified atom stereocenters. The molecule has 3 aromatic rings. The maximum absolute atomic E-state index is 13.2. The number of thiophene rings is 2. The van der Waals surface area contributed by atoms with Crippen LogP contribution in [0.1, 0.15) is 21.4 Å². The average molecular weight is 389 g/mol. The van der Waals surface area contributed by atoms with Crippen LogP contribution < -0.4 is 5.32 Å². The molecule has 1 atom stereocenters. The molecule has 3 rings (SSSR count). The zero-order valence-corrected chi connectivity index (χ0v) is 15.3. The van der Waals surface area contributed by atoms with Crippen molar-refractivity contribution in [1.29, 1.82) is 0 Å². The molecule has 2 heterocycles. The molecule has 0 aliphatic heterocycles. The molecule has 0 aliphatic carbocycles. The number of hydrogen-bond donors (Lipinski definition) is 1. The minimum Gasteiger partial charge on any atom is -0.455 e. The molecule has 1 N–H and O–H groups in total. The Morgan fingerprint density at radius 1 is 1.04 bits per heavy atom. The highest BCUT2D eigenvalue weighted by Gasteiger charge is 2.19. The number of rotatable bonds is 7. The van der Waals surface area contributed by atoms with Crippen molar-refractivity contribution in [3.8, 4) is 0 Å². The SMILES string of the molecule is O=C(COC(=O)Cc1cccs1)N[C@@H](c1ccc(F)cc1)c1cccs1. The standard InChI is InChI=1S/C19H16FNO3S2/c20-14-7-5-13(6-8-14)19(16-4-2-10-26-16)21-17(22)12-24-18(23)11-15-3-1-9-25-15/h1-10,19H,11-12H2,(H,21,22)/t19-/m0/s1. The molecule has 0 spiro atoms. The fraction of sp³-hybridized carbons (Fsp3) is 0.158. The van der Waals surface area contributed by atoms with Gasteiger partial charge in [0.25, 0.3) is 5.91 Å². The largest absolute Gasteiger partial charge is 0.455 e. The highest BCUT2D eigenvalue weighted by molar-refractivity contribution is 7.10. The van der Waals surface area contributed by atoms with Crippen molar-refractivity contribution in [2.24, 2.45) is 0 Å². The van der Waals surface area contributed by atoms with Crippen molar-refractivity contribution in [2.75, 3.05) is 6.61 Å². The maximum Gasteiger partial charge on any atom is 0.311 e. The van der Waals surface area contributed by atoms with E-state index in [1.807, 2.05) is 35.0 Å². The van der Waals surface area contributed by atoms with E-state index in [-0.39, 0.29) is 18.8 Å². The molecule has 0 bridgehead atoms. The molecule has 26 heavy (non-hydrogen) atoms. The number of ether oxygens (including phenoxy) is 1. The Kier molecular flexibility index (Phi) is 6.14. The monoisotopic (exact) mass is 389 g/mol. The first-order chi connectivity index (χ1) is 12.6. The molecular weight excluding hydrogens is 373 g/mol. The first kappa shape index (κ1) is 18.3. The van der Waals surface area contributed by atoms with E-state index in [9.17, 15) is 14.0 Å². The van der Waals surface area contributed by atoms with E-state index in [0.717, 1.165) is 15.3 Å². The van der Waals surface area contributed by atoms with Gasteiger partial charge in [0.2, 0.25) is 0 Å². The summed E-state index contributed by atoms with van der Waals surface area (Å²) < 4.78 is 18.2. The van der Waals surface area contributed by atoms with Crippen LogP contribution in [0.3, 0.4) is 0 Å². The van der Waals surface area contributed by atoms with Gasteiger partial charge in [-0.3, -0.25) is 9.59 Å². The smallest absolute Gasteiger partial charge is 0.311 e. The first-order valence-electron chi connectivity index (χ1n) is 7.88. The number of carbonyl (C=O) groups is 2. The van der Waals surface area contributed by atoms with Gasteiger partial charge in [0.05, 0.1) is 12.5 Å². The number of amides is 1. The van der Waals surface area contributed by atoms with Crippen LogP contribution in [-0.2, 0) is 20.7 Å². The third kappa shape index (κ3) is 5.00. The fourth-order valence-corrected chi connectivity index (χ4v) is 3.88. The molecule has 7 heteroatoms. The van der Waals surface area contributed by atoms with Gasteiger partial charge in [-0.15, -0.1) is 22.7 Å². The van der Waals surface area contributed by atoms with Crippen molar-refractivity contribution in [3.63, 3.8) is 0 Å². The Morgan fingerprint density at radius 3 is 2.42 bits per heavy atom. The van der Waals surface area contributed by atoms with E-state index in [4.69, 9.17) is 4.74 Å². The Balaban J connectivity index is 1.60. The van der Waals surface area contributed by atoms with Crippen LogP contribution >= 0.6 is 22.7 Å². The number of carbonyl (C=O) groups excluding carboxylic acids is 2. The van der Waals surface area contributed by atoms with Crippen LogP contribution in [0, 0.1) is 5.82 Å². The van der Waals surface area contributed by atoms with E-state index in [1.54, 1.807) is 12.1 Å². The highest BCUT2D eigenvalue weighted by atomic mass is 32.1. The zero-order valence-electron chi connectivity index (χ0n) is 13.7. The van der Waals surface area contributed by atoms with Crippen molar-refractivity contribution in [1.82, 2.24) is 5.32 Å². The van der Waals surface area contributed by atoms with Crippen LogP contribution in [0.15, 0.2) is 59.3 Å². The molecule has 0 aliphatic rings. The third-order valence-corrected chi connectivity index (χ3v) is 5.41. The molecule has 1 amide bonds. The molecule has 134 valence electrons. The number of halogens is 1. The lowest BCUT2D eigenvalue weighted by molar-refractivity contribution is -0.147. The molecule has 0 saturated heterocycles. The Morgan fingerprint density at radius 2 is 1.77 bits per heavy atom. The first-order valence-corrected chi connectivity index (χ1v) is 9.64. The summed E-state index contributed by atoms with van der Waals surface area (Å²) in [6.45, 7) is -0.354. The quantitative estimate of drug-likeness (QED) is 0.623. The summed E-state index contributed by atoms with van der Waals surface area (Å²) in [5.41, 5.74) is 0.757. The van der Waals surface area contributed by atoms with Gasteiger partial charge >= 0.3 is 5.97 Å². The van der Waals surface area contributed by atoms with Gasteiger partial charge in [0, 0.05) is 9.75 Å². The predicted octanol–water partition coefficient (Wildman–Crippen LogP) is 3.94. The predicted molar refractivity (Wildman–Crippen MR) is 99.7 cm³/mol. The average Bonchev–Trinajstić information content (AvgIpc) is 3.33. The molecule has 0 saturated carbocycles. The molecule has 2 aromatic heterocycles. The molecule has 0 fully saturated rings. The summed E-state index contributed by atoms with van der Waals surface area (Å²) in [4.78, 5) is 25.8. The molecular formula is C19H16FNO3S2. The second-order valence-corrected chi connectivity index (χ2v) is 7.50. The summed E-state index contributed by atoms with van der Waals surface area (Å²) in [5.74, 6) is -1.20. The van der Waals surface area contributed by atoms with E-state index < -0.39 is 17.9 Å². The topological polar surface area (TPSA) is 55.4 Å². The van der Waals surface area contributed by atoms with Crippen molar-refractivity contribution in [2.45, 2.75) is 12.5 Å². The zero-order chi connectivity index (χ0) is 18.4. The maximum atomic E-state index is 13.2. The number of hydrogen-bond acceptors (Lipinski definition) is 5. The lowest BCUT2D eigenvalue weighted by Gasteiger charge is -2.18. The minimum absolute atomic E-state index is 0.150. The van der Waals surface area contributed by atoms with Gasteiger partial charge in [-0.05, 0) is 40.6 Å². The van der Waals surface area contributed by atoms with Crippen LogP contribution in [0.4, 0.5) is 4.39 Å². The van der Waals surface area contributed by atoms with E-state index >= 15 is 0 Å². The van der Waals surface area contributed by atoms with E-state index in [2.05, 4.69) is 5.32 Å². The lowest BCUT2D eigenvalue weighted by atomic mass is 10.1. The van der Waals surface area contributed by atoms with Gasteiger partial charge in [-0.2, -0.15) is 0 Å². The van der Waals surface area contributed by atoms with Gasteiger partial charge in [0.15, 0.2) is 6.61 Å². The fourth-order valence-electron chi connectivity index (χ4n) is 2.38. The molecule has 4 nitrogen and oxygen atoms in total. The highest BCUT2D eigenvalue weighted by Crippen LogP contribution is 2.26. The van der Waals surface area contributed by atoms with Gasteiger partial charge in [-0.25, -0.2) is 4.39 Å². The second-order valence-electron chi connectivity index (χ2n) is 5.48. The number of benzene rings is 1. The van der Waals surface area contributed by atoms with Crippen molar-refractivity contribution in [3.05, 3.63) is 80.4 Å². The van der Waals surface area contributed by atoms with Crippen molar-refractivity contribution >= 4 is 34.6 Å². The third-order valence-electron chi connectivity index (χ3n) is 3.60. The van der Waals surface area contributed by atoms with Crippen LogP contribution in [0.5, 0.6) is 0 Å². The Hall–Kier alpha value is -2.51. The van der Waals surface area contributed by atoms with Crippen LogP contribution in [0.25, 0.3) is 0 Å². The second kappa shape index (κ2) is 8.73. The Bertz CT molecular complexity index is 846. The van der Waals surface area contributed by atoms with E-state index in [0.29, 0.717) is 0 Å². The normalized spacial score (nSPS) is 11.7. The van der Waals surface area contributed by atoms with Crippen LogP contribution in [-0.4, -0.2) is 18.5 Å². The molecule has 1 aromatic carbocycles. The summed E-state index contributed by atoms with van der Waals surface area (Å²) >= 11 is 2.95.